The van der Waals surface area contributed by atoms with E-state index in [4.69, 9.17) is 23.7 Å². The predicted octanol–water partition coefficient (Wildman–Crippen LogP) is 1.10. The highest BCUT2D eigenvalue weighted by Gasteiger charge is 2.63. The highest BCUT2D eigenvalue weighted by Crippen LogP contribution is 2.44. The maximum absolute atomic E-state index is 12.2. The van der Waals surface area contributed by atoms with Crippen LogP contribution in [0.15, 0.2) is 30.3 Å². The second-order valence-corrected chi connectivity index (χ2v) is 6.41. The van der Waals surface area contributed by atoms with E-state index in [1.807, 2.05) is 6.07 Å². The zero-order valence-corrected chi connectivity index (χ0v) is 13.9. The minimum absolute atomic E-state index is 0.169. The van der Waals surface area contributed by atoms with Crippen LogP contribution < -0.4 is 0 Å². The number of carbonyl (C=O) groups excluding carboxylic acids is 1. The van der Waals surface area contributed by atoms with Gasteiger partial charge in [0.05, 0.1) is 12.2 Å². The van der Waals surface area contributed by atoms with Gasteiger partial charge in [-0.25, -0.2) is 4.79 Å². The largest absolute Gasteiger partial charge is 0.459 e. The molecular weight excluding hydrogens is 316 g/mol. The van der Waals surface area contributed by atoms with Gasteiger partial charge in [0.2, 0.25) is 0 Å². The lowest BCUT2D eigenvalue weighted by molar-refractivity contribution is -0.261. The smallest absolute Gasteiger partial charge is 0.338 e. The number of rotatable bonds is 5. The predicted molar refractivity (Wildman–Crippen MR) is 82.2 cm³/mol. The Hall–Kier alpha value is -1.51. The van der Waals surface area contributed by atoms with Gasteiger partial charge in [-0.3, -0.25) is 0 Å². The van der Waals surface area contributed by atoms with Gasteiger partial charge in [0.15, 0.2) is 17.7 Å². The van der Waals surface area contributed by atoms with E-state index < -0.39 is 42.5 Å². The summed E-state index contributed by atoms with van der Waals surface area (Å²) in [5, 5.41) is 9.92. The first-order valence-corrected chi connectivity index (χ1v) is 7.80. The zero-order chi connectivity index (χ0) is 17.4. The van der Waals surface area contributed by atoms with E-state index in [1.165, 1.54) is 7.11 Å². The van der Waals surface area contributed by atoms with Crippen molar-refractivity contribution < 1.29 is 33.6 Å². The summed E-state index contributed by atoms with van der Waals surface area (Å²) in [6, 6.07) is 8.62. The number of aliphatic hydroxyl groups excluding tert-OH is 1. The summed E-state index contributed by atoms with van der Waals surface area (Å²) >= 11 is 0. The Kier molecular flexibility index (Phi) is 4.63. The van der Waals surface area contributed by atoms with Gasteiger partial charge in [-0.05, 0) is 26.0 Å². The summed E-state index contributed by atoms with van der Waals surface area (Å²) in [5.41, 5.74) is -0.809. The van der Waals surface area contributed by atoms with Crippen LogP contribution in [0, 0.1) is 0 Å². The highest BCUT2D eigenvalue weighted by atomic mass is 16.8. The Morgan fingerprint density at radius 2 is 1.92 bits per heavy atom. The monoisotopic (exact) mass is 338 g/mol. The third-order valence-electron chi connectivity index (χ3n) is 4.22. The van der Waals surface area contributed by atoms with Crippen molar-refractivity contribution in [2.45, 2.75) is 43.7 Å². The highest BCUT2D eigenvalue weighted by molar-refractivity contribution is 5.89. The standard InChI is InChI=1S/C17H22O7/c1-16(2)22-12-13(23-16)17(9-18,24-15(12)20-3)10-21-14(19)11-7-5-4-6-8-11/h4-8,12-13,15,18H,9-10H2,1-3H3/t12?,13?,15-,17-/m1/s1. The van der Waals surface area contributed by atoms with Crippen molar-refractivity contribution in [3.8, 4) is 0 Å². The van der Waals surface area contributed by atoms with E-state index in [1.54, 1.807) is 38.1 Å². The normalized spacial score (nSPS) is 34.1. The fourth-order valence-electron chi connectivity index (χ4n) is 3.08. The fourth-order valence-corrected chi connectivity index (χ4v) is 3.08. The molecule has 1 aromatic carbocycles. The van der Waals surface area contributed by atoms with Crippen LogP contribution in [-0.2, 0) is 23.7 Å². The molecule has 24 heavy (non-hydrogen) atoms. The molecule has 1 N–H and O–H groups in total. The molecule has 0 radical (unpaired) electrons. The first-order chi connectivity index (χ1) is 11.4. The molecule has 2 unspecified atom stereocenters. The lowest BCUT2D eigenvalue weighted by atomic mass is 9.97. The molecule has 0 amide bonds. The van der Waals surface area contributed by atoms with Crippen LogP contribution in [0.4, 0.5) is 0 Å². The van der Waals surface area contributed by atoms with Crippen molar-refractivity contribution in [3.63, 3.8) is 0 Å². The third kappa shape index (κ3) is 3.05. The summed E-state index contributed by atoms with van der Waals surface area (Å²) in [6.45, 7) is 2.99. The molecule has 0 saturated carbocycles. The summed E-state index contributed by atoms with van der Waals surface area (Å²) in [4.78, 5) is 12.2. The van der Waals surface area contributed by atoms with Crippen LogP contribution in [0.25, 0.3) is 0 Å². The molecule has 7 heteroatoms. The van der Waals surface area contributed by atoms with E-state index in [0.29, 0.717) is 5.56 Å². The number of carbonyl (C=O) groups is 1. The third-order valence-corrected chi connectivity index (χ3v) is 4.22. The van der Waals surface area contributed by atoms with Crippen molar-refractivity contribution in [2.75, 3.05) is 20.3 Å². The summed E-state index contributed by atoms with van der Waals surface area (Å²) < 4.78 is 28.1. The van der Waals surface area contributed by atoms with Gasteiger partial charge in [0, 0.05) is 7.11 Å². The average molecular weight is 338 g/mol. The van der Waals surface area contributed by atoms with Gasteiger partial charge in [-0.1, -0.05) is 18.2 Å². The van der Waals surface area contributed by atoms with Crippen LogP contribution in [0.3, 0.4) is 0 Å². The van der Waals surface area contributed by atoms with Crippen LogP contribution in [0.1, 0.15) is 24.2 Å². The van der Waals surface area contributed by atoms with Crippen molar-refractivity contribution in [3.05, 3.63) is 35.9 Å². The first-order valence-electron chi connectivity index (χ1n) is 7.80. The number of ether oxygens (including phenoxy) is 5. The van der Waals surface area contributed by atoms with Crippen molar-refractivity contribution in [1.82, 2.24) is 0 Å². The number of aliphatic hydroxyl groups is 1. The topological polar surface area (TPSA) is 83.5 Å². The summed E-state index contributed by atoms with van der Waals surface area (Å²) in [5.74, 6) is -1.33. The Morgan fingerprint density at radius 1 is 1.21 bits per heavy atom. The molecule has 0 spiro atoms. The molecule has 2 heterocycles. The van der Waals surface area contributed by atoms with E-state index >= 15 is 0 Å². The van der Waals surface area contributed by atoms with Crippen LogP contribution in [0.2, 0.25) is 0 Å². The first kappa shape index (κ1) is 17.3. The van der Waals surface area contributed by atoms with Gasteiger partial charge >= 0.3 is 5.97 Å². The molecule has 0 aliphatic carbocycles. The van der Waals surface area contributed by atoms with Crippen molar-refractivity contribution >= 4 is 5.97 Å². The Labute approximate surface area is 140 Å². The Morgan fingerprint density at radius 3 is 2.54 bits per heavy atom. The van der Waals surface area contributed by atoms with Crippen molar-refractivity contribution in [2.24, 2.45) is 0 Å². The second kappa shape index (κ2) is 6.42. The molecule has 7 nitrogen and oxygen atoms in total. The number of hydrogen-bond donors (Lipinski definition) is 1. The van der Waals surface area contributed by atoms with Crippen LogP contribution >= 0.6 is 0 Å². The van der Waals surface area contributed by atoms with Crippen LogP contribution in [0.5, 0.6) is 0 Å². The van der Waals surface area contributed by atoms with Gasteiger partial charge in [-0.2, -0.15) is 0 Å². The molecule has 3 rings (SSSR count). The maximum atomic E-state index is 12.2. The molecule has 4 atom stereocenters. The van der Waals surface area contributed by atoms with Gasteiger partial charge in [0.25, 0.3) is 0 Å². The van der Waals surface area contributed by atoms with E-state index in [2.05, 4.69) is 0 Å². The maximum Gasteiger partial charge on any atom is 0.338 e. The minimum Gasteiger partial charge on any atom is -0.459 e. The van der Waals surface area contributed by atoms with Crippen LogP contribution in [-0.4, -0.2) is 61.3 Å². The number of hydrogen-bond acceptors (Lipinski definition) is 7. The average Bonchev–Trinajstić information content (AvgIpc) is 3.05. The Bertz CT molecular complexity index is 588. The Balaban J connectivity index is 1.75. The minimum atomic E-state index is -1.23. The molecule has 0 bridgehead atoms. The molecule has 132 valence electrons. The molecule has 2 fully saturated rings. The molecule has 2 aliphatic rings. The summed E-state index contributed by atoms with van der Waals surface area (Å²) in [6.07, 6.45) is -1.82. The molecule has 2 saturated heterocycles. The lowest BCUT2D eigenvalue weighted by Crippen LogP contribution is -2.50. The quantitative estimate of drug-likeness (QED) is 0.805. The molecule has 2 aliphatic heterocycles. The molecular formula is C17H22O7. The zero-order valence-electron chi connectivity index (χ0n) is 13.9. The SMILES string of the molecule is CO[C@@H]1O[C@](CO)(COC(=O)c2ccccc2)C2OC(C)(C)OC21. The number of benzene rings is 1. The fraction of sp³-hybridized carbons (Fsp3) is 0.588. The lowest BCUT2D eigenvalue weighted by Gasteiger charge is -2.32. The molecule has 1 aromatic rings. The number of methoxy groups -OCH3 is 1. The van der Waals surface area contributed by atoms with Crippen molar-refractivity contribution in [1.29, 1.82) is 0 Å². The van der Waals surface area contributed by atoms with Gasteiger partial charge in [-0.15, -0.1) is 0 Å². The van der Waals surface area contributed by atoms with E-state index in [-0.39, 0.29) is 6.61 Å². The summed E-state index contributed by atoms with van der Waals surface area (Å²) in [7, 11) is 1.49. The van der Waals surface area contributed by atoms with E-state index in [9.17, 15) is 9.90 Å². The number of fused-ring (bicyclic) bond motifs is 1. The molecule has 0 aromatic heterocycles. The van der Waals surface area contributed by atoms with Gasteiger partial charge < -0.3 is 28.8 Å². The van der Waals surface area contributed by atoms with Gasteiger partial charge in [0.1, 0.15) is 18.8 Å². The van der Waals surface area contributed by atoms with E-state index in [0.717, 1.165) is 0 Å². The second-order valence-electron chi connectivity index (χ2n) is 6.41. The number of esters is 1.